The van der Waals surface area contributed by atoms with Crippen LogP contribution in [-0.2, 0) is 5.41 Å². The van der Waals surface area contributed by atoms with Crippen molar-refractivity contribution in [2.45, 2.75) is 24.4 Å². The Balaban J connectivity index is 1.83. The quantitative estimate of drug-likeness (QED) is 0.879. The number of aliphatic hydroxyl groups excluding tert-OH is 1. The SMILES string of the molecule is NCC1(c2ccc(C(O)c3cccnc3)cc2)CC1. The van der Waals surface area contributed by atoms with Gasteiger partial charge < -0.3 is 10.8 Å². The number of nitrogens with two attached hydrogens (primary N) is 1. The fourth-order valence-electron chi connectivity index (χ4n) is 2.51. The third-order valence-corrected chi connectivity index (χ3v) is 4.08. The van der Waals surface area contributed by atoms with Crippen LogP contribution >= 0.6 is 0 Å². The van der Waals surface area contributed by atoms with Crippen LogP contribution in [0.25, 0.3) is 0 Å². The van der Waals surface area contributed by atoms with E-state index in [0.717, 1.165) is 11.1 Å². The van der Waals surface area contributed by atoms with Gasteiger partial charge in [0.2, 0.25) is 0 Å². The maximum Gasteiger partial charge on any atom is 0.106 e. The van der Waals surface area contributed by atoms with E-state index in [9.17, 15) is 5.11 Å². The molecule has 2 aromatic rings. The number of hydrogen-bond acceptors (Lipinski definition) is 3. The molecule has 1 unspecified atom stereocenters. The van der Waals surface area contributed by atoms with Gasteiger partial charge in [0.05, 0.1) is 0 Å². The van der Waals surface area contributed by atoms with Gasteiger partial charge in [-0.15, -0.1) is 0 Å². The minimum Gasteiger partial charge on any atom is -0.384 e. The Hall–Kier alpha value is -1.71. The van der Waals surface area contributed by atoms with Gasteiger partial charge >= 0.3 is 0 Å². The van der Waals surface area contributed by atoms with Gasteiger partial charge in [0.1, 0.15) is 6.10 Å². The fraction of sp³-hybridized carbons (Fsp3) is 0.312. The molecular weight excluding hydrogens is 236 g/mol. The minimum atomic E-state index is -0.615. The van der Waals surface area contributed by atoms with E-state index in [1.165, 1.54) is 18.4 Å². The van der Waals surface area contributed by atoms with E-state index < -0.39 is 6.10 Å². The summed E-state index contributed by atoms with van der Waals surface area (Å²) in [6.07, 6.45) is 5.14. The Morgan fingerprint density at radius 1 is 1.16 bits per heavy atom. The topological polar surface area (TPSA) is 59.1 Å². The monoisotopic (exact) mass is 254 g/mol. The highest BCUT2D eigenvalue weighted by Crippen LogP contribution is 2.47. The summed E-state index contributed by atoms with van der Waals surface area (Å²) in [6.45, 7) is 0.706. The predicted octanol–water partition coefficient (Wildman–Crippen LogP) is 2.15. The van der Waals surface area contributed by atoms with Crippen LogP contribution in [-0.4, -0.2) is 16.6 Å². The first-order valence-corrected chi connectivity index (χ1v) is 6.64. The summed E-state index contributed by atoms with van der Waals surface area (Å²) >= 11 is 0. The normalized spacial score (nSPS) is 18.0. The highest BCUT2D eigenvalue weighted by atomic mass is 16.3. The van der Waals surface area contributed by atoms with E-state index in [2.05, 4.69) is 17.1 Å². The zero-order valence-corrected chi connectivity index (χ0v) is 10.8. The number of hydrogen-bond donors (Lipinski definition) is 2. The van der Waals surface area contributed by atoms with Crippen molar-refractivity contribution in [3.05, 3.63) is 65.5 Å². The highest BCUT2D eigenvalue weighted by molar-refractivity contribution is 5.37. The second kappa shape index (κ2) is 4.76. The van der Waals surface area contributed by atoms with Crippen molar-refractivity contribution >= 4 is 0 Å². The van der Waals surface area contributed by atoms with E-state index in [1.807, 2.05) is 24.3 Å². The maximum absolute atomic E-state index is 10.3. The van der Waals surface area contributed by atoms with E-state index in [1.54, 1.807) is 12.4 Å². The average molecular weight is 254 g/mol. The molecule has 1 aromatic heterocycles. The third kappa shape index (κ3) is 2.27. The average Bonchev–Trinajstić information content (AvgIpc) is 3.29. The van der Waals surface area contributed by atoms with Crippen LogP contribution in [0.1, 0.15) is 35.6 Å². The molecule has 0 amide bonds. The molecule has 0 bridgehead atoms. The van der Waals surface area contributed by atoms with Gasteiger partial charge in [-0.05, 0) is 30.0 Å². The van der Waals surface area contributed by atoms with E-state index in [-0.39, 0.29) is 5.41 Å². The third-order valence-electron chi connectivity index (χ3n) is 4.08. The van der Waals surface area contributed by atoms with Crippen LogP contribution in [0.2, 0.25) is 0 Å². The lowest BCUT2D eigenvalue weighted by Crippen LogP contribution is -2.19. The maximum atomic E-state index is 10.3. The molecule has 3 rings (SSSR count). The van der Waals surface area contributed by atoms with Crippen molar-refractivity contribution in [1.29, 1.82) is 0 Å². The van der Waals surface area contributed by atoms with Crippen molar-refractivity contribution < 1.29 is 5.11 Å². The summed E-state index contributed by atoms with van der Waals surface area (Å²) in [5, 5.41) is 10.3. The summed E-state index contributed by atoms with van der Waals surface area (Å²) in [5.74, 6) is 0. The van der Waals surface area contributed by atoms with E-state index >= 15 is 0 Å². The fourth-order valence-corrected chi connectivity index (χ4v) is 2.51. The van der Waals surface area contributed by atoms with Crippen LogP contribution in [0, 0.1) is 0 Å². The summed E-state index contributed by atoms with van der Waals surface area (Å²) in [7, 11) is 0. The van der Waals surface area contributed by atoms with Crippen molar-refractivity contribution in [2.24, 2.45) is 5.73 Å². The zero-order valence-electron chi connectivity index (χ0n) is 10.8. The summed E-state index contributed by atoms with van der Waals surface area (Å²) in [6, 6.07) is 11.9. The van der Waals surface area contributed by atoms with Crippen LogP contribution in [0.4, 0.5) is 0 Å². The molecule has 0 radical (unpaired) electrons. The second-order valence-corrected chi connectivity index (χ2v) is 5.30. The Kier molecular flexibility index (Phi) is 3.09. The molecule has 1 aliphatic carbocycles. The molecule has 1 aliphatic rings. The molecule has 1 fully saturated rings. The number of benzene rings is 1. The van der Waals surface area contributed by atoms with Crippen LogP contribution in [0.15, 0.2) is 48.8 Å². The summed E-state index contributed by atoms with van der Waals surface area (Å²) in [4.78, 5) is 4.03. The molecule has 1 atom stereocenters. The molecule has 1 heterocycles. The van der Waals surface area contributed by atoms with Crippen molar-refractivity contribution in [2.75, 3.05) is 6.54 Å². The second-order valence-electron chi connectivity index (χ2n) is 5.30. The van der Waals surface area contributed by atoms with Gasteiger partial charge in [0.15, 0.2) is 0 Å². The van der Waals surface area contributed by atoms with Crippen LogP contribution < -0.4 is 5.73 Å². The van der Waals surface area contributed by atoms with Crippen molar-refractivity contribution in [3.8, 4) is 0 Å². The molecule has 19 heavy (non-hydrogen) atoms. The number of aliphatic hydroxyl groups is 1. The Bertz CT molecular complexity index is 547. The molecule has 98 valence electrons. The highest BCUT2D eigenvalue weighted by Gasteiger charge is 2.42. The van der Waals surface area contributed by atoms with Crippen molar-refractivity contribution in [3.63, 3.8) is 0 Å². The number of pyridine rings is 1. The Labute approximate surface area is 113 Å². The zero-order chi connectivity index (χ0) is 13.3. The van der Waals surface area contributed by atoms with Crippen LogP contribution in [0.5, 0.6) is 0 Å². The van der Waals surface area contributed by atoms with E-state index in [4.69, 9.17) is 5.73 Å². The molecular formula is C16H18N2O. The standard InChI is InChI=1S/C16H18N2O/c17-11-16(7-8-16)14-5-3-12(4-6-14)15(19)13-2-1-9-18-10-13/h1-6,9-10,15,19H,7-8,11,17H2. The number of aromatic nitrogens is 1. The molecule has 3 nitrogen and oxygen atoms in total. The lowest BCUT2D eigenvalue weighted by Gasteiger charge is -2.15. The van der Waals surface area contributed by atoms with Gasteiger partial charge in [-0.2, -0.15) is 0 Å². The smallest absolute Gasteiger partial charge is 0.106 e. The largest absolute Gasteiger partial charge is 0.384 e. The molecule has 0 spiro atoms. The first-order chi connectivity index (χ1) is 9.25. The Morgan fingerprint density at radius 3 is 2.42 bits per heavy atom. The van der Waals surface area contributed by atoms with Gasteiger partial charge in [0.25, 0.3) is 0 Å². The van der Waals surface area contributed by atoms with Gasteiger partial charge in [0, 0.05) is 29.9 Å². The predicted molar refractivity (Wildman–Crippen MR) is 74.7 cm³/mol. The lowest BCUT2D eigenvalue weighted by atomic mass is 9.93. The molecule has 1 aromatic carbocycles. The molecule has 3 heteroatoms. The van der Waals surface area contributed by atoms with Gasteiger partial charge in [-0.1, -0.05) is 30.3 Å². The molecule has 0 aliphatic heterocycles. The van der Waals surface area contributed by atoms with Gasteiger partial charge in [-0.25, -0.2) is 0 Å². The first-order valence-electron chi connectivity index (χ1n) is 6.64. The summed E-state index contributed by atoms with van der Waals surface area (Å²) < 4.78 is 0. The van der Waals surface area contributed by atoms with Crippen LogP contribution in [0.3, 0.4) is 0 Å². The Morgan fingerprint density at radius 2 is 1.89 bits per heavy atom. The van der Waals surface area contributed by atoms with Gasteiger partial charge in [-0.3, -0.25) is 4.98 Å². The molecule has 3 N–H and O–H groups in total. The number of nitrogens with zero attached hydrogens (tertiary/aromatic N) is 1. The number of rotatable bonds is 4. The van der Waals surface area contributed by atoms with E-state index in [0.29, 0.717) is 6.54 Å². The molecule has 0 saturated heterocycles. The summed E-state index contributed by atoms with van der Waals surface area (Å²) in [5.41, 5.74) is 9.04. The molecule has 1 saturated carbocycles. The lowest BCUT2D eigenvalue weighted by molar-refractivity contribution is 0.220. The first kappa shape index (κ1) is 12.3. The van der Waals surface area contributed by atoms with Crippen molar-refractivity contribution in [1.82, 2.24) is 4.98 Å². The minimum absolute atomic E-state index is 0.206.